The Morgan fingerprint density at radius 1 is 1.38 bits per heavy atom. The summed E-state index contributed by atoms with van der Waals surface area (Å²) in [6, 6.07) is 6.99. The number of rotatable bonds is 2. The van der Waals surface area contributed by atoms with Gasteiger partial charge in [0, 0.05) is 15.6 Å². The number of carbonyl (C=O) groups excluding carboxylic acids is 1. The van der Waals surface area contributed by atoms with Crippen molar-refractivity contribution in [1.82, 2.24) is 0 Å². The summed E-state index contributed by atoms with van der Waals surface area (Å²) in [4.78, 5) is 11.4. The van der Waals surface area contributed by atoms with Gasteiger partial charge in [-0.1, -0.05) is 15.9 Å². The van der Waals surface area contributed by atoms with Crippen LogP contribution < -0.4 is 0 Å². The third kappa shape index (κ3) is 2.42. The molecular formula is C10H9BrO2. The number of halogens is 1. The van der Waals surface area contributed by atoms with E-state index < -0.39 is 0 Å². The summed E-state index contributed by atoms with van der Waals surface area (Å²) in [5.74, 6) is -0.157. The number of aliphatic hydroxyl groups excluding tert-OH is 1. The van der Waals surface area contributed by atoms with E-state index in [1.807, 2.05) is 0 Å². The zero-order valence-corrected chi connectivity index (χ0v) is 8.71. The molecule has 0 aliphatic rings. The predicted molar refractivity (Wildman–Crippen MR) is 54.9 cm³/mol. The van der Waals surface area contributed by atoms with Gasteiger partial charge in [0.2, 0.25) is 0 Å². The van der Waals surface area contributed by atoms with E-state index in [1.165, 1.54) is 0 Å². The van der Waals surface area contributed by atoms with Crippen molar-refractivity contribution in [2.24, 2.45) is 0 Å². The second-order valence-electron chi connectivity index (χ2n) is 2.65. The molecule has 1 aromatic carbocycles. The molecule has 1 rings (SSSR count). The van der Waals surface area contributed by atoms with Crippen molar-refractivity contribution in [1.29, 1.82) is 0 Å². The van der Waals surface area contributed by atoms with E-state index in [0.29, 0.717) is 11.1 Å². The first-order chi connectivity index (χ1) is 6.15. The third-order valence-corrected chi connectivity index (χ3v) is 2.19. The summed E-state index contributed by atoms with van der Waals surface area (Å²) in [5.41, 5.74) is 0.910. The summed E-state index contributed by atoms with van der Waals surface area (Å²) in [6.07, 6.45) is 0.824. The maximum atomic E-state index is 11.4. The summed E-state index contributed by atoms with van der Waals surface area (Å²) < 4.78 is 0.926. The number of carbonyl (C=O) groups is 1. The lowest BCUT2D eigenvalue weighted by molar-refractivity contribution is 0.103. The fourth-order valence-electron chi connectivity index (χ4n) is 0.888. The molecule has 68 valence electrons. The Morgan fingerprint density at radius 3 is 2.38 bits per heavy atom. The van der Waals surface area contributed by atoms with E-state index in [9.17, 15) is 4.79 Å². The SMILES string of the molecule is C/C(=C\O)C(=O)c1ccc(Br)cc1. The standard InChI is InChI=1S/C10H9BrO2/c1-7(6-12)10(13)8-2-4-9(11)5-3-8/h2-6,12H,1H3/b7-6+. The quantitative estimate of drug-likeness (QED) is 0.490. The van der Waals surface area contributed by atoms with Crippen LogP contribution in [0.15, 0.2) is 40.6 Å². The number of hydrogen-bond donors (Lipinski definition) is 1. The van der Waals surface area contributed by atoms with Gasteiger partial charge in [0.15, 0.2) is 5.78 Å². The minimum absolute atomic E-state index is 0.157. The Balaban J connectivity index is 2.97. The molecule has 1 aromatic rings. The molecule has 0 saturated carbocycles. The molecule has 0 spiro atoms. The zero-order chi connectivity index (χ0) is 9.84. The van der Waals surface area contributed by atoms with Gasteiger partial charge in [0.05, 0.1) is 6.26 Å². The van der Waals surface area contributed by atoms with Crippen molar-refractivity contribution in [2.45, 2.75) is 6.92 Å². The molecule has 0 saturated heterocycles. The Hall–Kier alpha value is -1.09. The van der Waals surface area contributed by atoms with Crippen LogP contribution in [0.4, 0.5) is 0 Å². The van der Waals surface area contributed by atoms with Gasteiger partial charge >= 0.3 is 0 Å². The van der Waals surface area contributed by atoms with Crippen LogP contribution in [-0.4, -0.2) is 10.9 Å². The maximum absolute atomic E-state index is 11.4. The van der Waals surface area contributed by atoms with Gasteiger partial charge in [0.1, 0.15) is 0 Å². The van der Waals surface area contributed by atoms with E-state index in [4.69, 9.17) is 5.11 Å². The average molecular weight is 241 g/mol. The monoisotopic (exact) mass is 240 g/mol. The summed E-state index contributed by atoms with van der Waals surface area (Å²) in [5, 5.41) is 8.63. The van der Waals surface area contributed by atoms with Crippen LogP contribution in [0.25, 0.3) is 0 Å². The van der Waals surface area contributed by atoms with E-state index in [2.05, 4.69) is 15.9 Å². The van der Waals surface area contributed by atoms with Crippen molar-refractivity contribution >= 4 is 21.7 Å². The lowest BCUT2D eigenvalue weighted by atomic mass is 10.1. The summed E-state index contributed by atoms with van der Waals surface area (Å²) in [7, 11) is 0. The summed E-state index contributed by atoms with van der Waals surface area (Å²) in [6.45, 7) is 1.57. The van der Waals surface area contributed by atoms with Gasteiger partial charge in [-0.2, -0.15) is 0 Å². The topological polar surface area (TPSA) is 37.3 Å². The fourth-order valence-corrected chi connectivity index (χ4v) is 1.15. The highest BCUT2D eigenvalue weighted by Crippen LogP contribution is 2.13. The van der Waals surface area contributed by atoms with Crippen LogP contribution in [0.3, 0.4) is 0 Å². The van der Waals surface area contributed by atoms with Crippen LogP contribution in [0.5, 0.6) is 0 Å². The van der Waals surface area contributed by atoms with Gasteiger partial charge in [-0.15, -0.1) is 0 Å². The maximum Gasteiger partial charge on any atom is 0.191 e. The molecule has 0 aromatic heterocycles. The van der Waals surface area contributed by atoms with Crippen molar-refractivity contribution in [2.75, 3.05) is 0 Å². The van der Waals surface area contributed by atoms with Gasteiger partial charge in [-0.25, -0.2) is 0 Å². The van der Waals surface area contributed by atoms with Crippen molar-refractivity contribution < 1.29 is 9.90 Å². The van der Waals surface area contributed by atoms with Crippen molar-refractivity contribution in [3.05, 3.63) is 46.1 Å². The minimum atomic E-state index is -0.157. The van der Waals surface area contributed by atoms with Crippen molar-refractivity contribution in [3.63, 3.8) is 0 Å². The molecule has 0 fully saturated rings. The van der Waals surface area contributed by atoms with Crippen molar-refractivity contribution in [3.8, 4) is 0 Å². The first kappa shape index (κ1) is 9.99. The number of hydrogen-bond acceptors (Lipinski definition) is 2. The first-order valence-corrected chi connectivity index (χ1v) is 4.55. The number of benzene rings is 1. The first-order valence-electron chi connectivity index (χ1n) is 3.76. The second kappa shape index (κ2) is 4.23. The molecule has 0 bridgehead atoms. The normalized spacial score (nSPS) is 11.4. The van der Waals surface area contributed by atoms with E-state index in [-0.39, 0.29) is 5.78 Å². The van der Waals surface area contributed by atoms with Crippen LogP contribution in [0, 0.1) is 0 Å². The number of aliphatic hydroxyl groups is 1. The average Bonchev–Trinajstić information content (AvgIpc) is 2.17. The van der Waals surface area contributed by atoms with Gasteiger partial charge in [-0.3, -0.25) is 4.79 Å². The number of Topliss-reactive ketones (excluding diaryl/α,β-unsaturated/α-hetero) is 1. The molecule has 1 N–H and O–H groups in total. The number of allylic oxidation sites excluding steroid dienone is 1. The highest BCUT2D eigenvalue weighted by molar-refractivity contribution is 9.10. The molecular weight excluding hydrogens is 232 g/mol. The lowest BCUT2D eigenvalue weighted by Gasteiger charge is -1.99. The Labute approximate surface area is 85.0 Å². The summed E-state index contributed by atoms with van der Waals surface area (Å²) >= 11 is 3.27. The van der Waals surface area contributed by atoms with Gasteiger partial charge < -0.3 is 5.11 Å². The molecule has 3 heteroatoms. The Morgan fingerprint density at radius 2 is 1.92 bits per heavy atom. The van der Waals surface area contributed by atoms with Crippen LogP contribution in [0.2, 0.25) is 0 Å². The Bertz CT molecular complexity index is 338. The van der Waals surface area contributed by atoms with E-state index in [0.717, 1.165) is 10.7 Å². The Kier molecular flexibility index (Phi) is 3.25. The van der Waals surface area contributed by atoms with E-state index >= 15 is 0 Å². The molecule has 13 heavy (non-hydrogen) atoms. The molecule has 0 aliphatic heterocycles. The third-order valence-electron chi connectivity index (χ3n) is 1.66. The van der Waals surface area contributed by atoms with Gasteiger partial charge in [0.25, 0.3) is 0 Å². The fraction of sp³-hybridized carbons (Fsp3) is 0.100. The predicted octanol–water partition coefficient (Wildman–Crippen LogP) is 3.09. The molecule has 0 atom stereocenters. The van der Waals surface area contributed by atoms with Crippen LogP contribution in [0.1, 0.15) is 17.3 Å². The van der Waals surface area contributed by atoms with Crippen LogP contribution >= 0.6 is 15.9 Å². The molecule has 0 unspecified atom stereocenters. The molecule has 0 amide bonds. The molecule has 0 heterocycles. The molecule has 2 nitrogen and oxygen atoms in total. The smallest absolute Gasteiger partial charge is 0.191 e. The second-order valence-corrected chi connectivity index (χ2v) is 3.56. The van der Waals surface area contributed by atoms with Gasteiger partial charge in [-0.05, 0) is 31.2 Å². The zero-order valence-electron chi connectivity index (χ0n) is 7.12. The molecule has 0 radical (unpaired) electrons. The van der Waals surface area contributed by atoms with E-state index in [1.54, 1.807) is 31.2 Å². The minimum Gasteiger partial charge on any atom is -0.515 e. The van der Waals surface area contributed by atoms with Crippen LogP contribution in [-0.2, 0) is 0 Å². The highest BCUT2D eigenvalue weighted by Gasteiger charge is 2.06. The number of ketones is 1. The largest absolute Gasteiger partial charge is 0.515 e. The molecule has 0 aliphatic carbocycles. The highest BCUT2D eigenvalue weighted by atomic mass is 79.9. The lowest BCUT2D eigenvalue weighted by Crippen LogP contribution is -1.99.